The number of piperidine rings is 1. The van der Waals surface area contributed by atoms with Gasteiger partial charge in [0.1, 0.15) is 11.5 Å². The highest BCUT2D eigenvalue weighted by molar-refractivity contribution is 6.29. The highest BCUT2D eigenvalue weighted by atomic mass is 35.5. The number of carbonyl (C=O) groups excluding carboxylic acids is 2. The fraction of sp³-hybridized carbons (Fsp3) is 0.333. The average molecular weight is 226 g/mol. The van der Waals surface area contributed by atoms with E-state index in [0.29, 0.717) is 23.7 Å². The van der Waals surface area contributed by atoms with Crippen molar-refractivity contribution in [1.82, 2.24) is 15.3 Å². The summed E-state index contributed by atoms with van der Waals surface area (Å²) in [6, 6.07) is 1.54. The number of amides is 2. The highest BCUT2D eigenvalue weighted by Crippen LogP contribution is 2.23. The Bertz CT molecular complexity index is 422. The summed E-state index contributed by atoms with van der Waals surface area (Å²) in [6.45, 7) is 0. The summed E-state index contributed by atoms with van der Waals surface area (Å²) in [4.78, 5) is 30.1. The van der Waals surface area contributed by atoms with Crippen LogP contribution in [0.5, 0.6) is 0 Å². The molecule has 5 nitrogen and oxygen atoms in total. The summed E-state index contributed by atoms with van der Waals surface area (Å²) in [7, 11) is 0. The fourth-order valence-electron chi connectivity index (χ4n) is 1.51. The predicted molar refractivity (Wildman–Crippen MR) is 52.2 cm³/mol. The third-order valence-corrected chi connectivity index (χ3v) is 2.46. The molecule has 6 heteroatoms. The molecule has 2 heterocycles. The number of halogens is 1. The first-order valence-corrected chi connectivity index (χ1v) is 4.86. The summed E-state index contributed by atoms with van der Waals surface area (Å²) in [5.74, 6) is -0.958. The van der Waals surface area contributed by atoms with E-state index in [4.69, 9.17) is 11.6 Å². The number of nitrogens with one attached hydrogen (secondary N) is 1. The van der Waals surface area contributed by atoms with Crippen LogP contribution < -0.4 is 5.32 Å². The van der Waals surface area contributed by atoms with Gasteiger partial charge < -0.3 is 0 Å². The lowest BCUT2D eigenvalue weighted by atomic mass is 9.95. The standard InChI is InChI=1S/C9H8ClN3O2/c10-7-3-6(11-4-12-7)5-1-2-8(14)13-9(5)15/h3-5H,1-2H2,(H,13,14,15). The molecule has 1 aliphatic rings. The topological polar surface area (TPSA) is 72.0 Å². The lowest BCUT2D eigenvalue weighted by Crippen LogP contribution is -2.39. The van der Waals surface area contributed by atoms with Crippen LogP contribution in [-0.2, 0) is 9.59 Å². The zero-order valence-electron chi connectivity index (χ0n) is 7.74. The van der Waals surface area contributed by atoms with E-state index in [1.165, 1.54) is 6.33 Å². The molecule has 0 aliphatic carbocycles. The molecule has 1 N–H and O–H groups in total. The number of rotatable bonds is 1. The molecule has 1 aliphatic heterocycles. The lowest BCUT2D eigenvalue weighted by molar-refractivity contribution is -0.134. The van der Waals surface area contributed by atoms with Crippen molar-refractivity contribution in [1.29, 1.82) is 0 Å². The van der Waals surface area contributed by atoms with Crippen molar-refractivity contribution < 1.29 is 9.59 Å². The molecule has 1 aromatic rings. The Labute approximate surface area is 90.9 Å². The summed E-state index contributed by atoms with van der Waals surface area (Å²) < 4.78 is 0. The van der Waals surface area contributed by atoms with Crippen molar-refractivity contribution in [2.24, 2.45) is 0 Å². The van der Waals surface area contributed by atoms with Crippen LogP contribution in [0.1, 0.15) is 24.5 Å². The number of aromatic nitrogens is 2. The van der Waals surface area contributed by atoms with Crippen LogP contribution in [0.2, 0.25) is 5.15 Å². The SMILES string of the molecule is O=C1CCC(c2cc(Cl)ncn2)C(=O)N1. The first-order valence-electron chi connectivity index (χ1n) is 4.48. The summed E-state index contributed by atoms with van der Waals surface area (Å²) in [5.41, 5.74) is 0.556. The molecule has 1 atom stereocenters. The van der Waals surface area contributed by atoms with Crippen molar-refractivity contribution in [3.63, 3.8) is 0 Å². The molecule has 1 unspecified atom stereocenters. The van der Waals surface area contributed by atoms with E-state index in [-0.39, 0.29) is 11.8 Å². The second-order valence-electron chi connectivity index (χ2n) is 3.27. The minimum absolute atomic E-state index is 0.239. The van der Waals surface area contributed by atoms with Gasteiger partial charge in [0.25, 0.3) is 0 Å². The molecule has 1 saturated heterocycles. The highest BCUT2D eigenvalue weighted by Gasteiger charge is 2.28. The molecule has 0 aromatic carbocycles. The van der Waals surface area contributed by atoms with E-state index in [1.807, 2.05) is 0 Å². The van der Waals surface area contributed by atoms with E-state index in [9.17, 15) is 9.59 Å². The summed E-state index contributed by atoms with van der Waals surface area (Å²) in [6.07, 6.45) is 2.11. The summed E-state index contributed by atoms with van der Waals surface area (Å²) in [5, 5.41) is 2.56. The van der Waals surface area contributed by atoms with Gasteiger partial charge in [-0.15, -0.1) is 0 Å². The molecule has 78 valence electrons. The number of hydrogen-bond acceptors (Lipinski definition) is 4. The Morgan fingerprint density at radius 1 is 1.40 bits per heavy atom. The zero-order chi connectivity index (χ0) is 10.8. The molecule has 1 aromatic heterocycles. The van der Waals surface area contributed by atoms with Gasteiger partial charge in [0.2, 0.25) is 11.8 Å². The smallest absolute Gasteiger partial charge is 0.235 e. The van der Waals surface area contributed by atoms with Crippen LogP contribution in [0.3, 0.4) is 0 Å². The second-order valence-corrected chi connectivity index (χ2v) is 3.66. The van der Waals surface area contributed by atoms with Crippen LogP contribution in [0.25, 0.3) is 0 Å². The van der Waals surface area contributed by atoms with Gasteiger partial charge >= 0.3 is 0 Å². The maximum atomic E-state index is 11.5. The maximum absolute atomic E-state index is 11.5. The fourth-order valence-corrected chi connectivity index (χ4v) is 1.67. The minimum atomic E-state index is -0.400. The van der Waals surface area contributed by atoms with E-state index in [0.717, 1.165) is 0 Å². The van der Waals surface area contributed by atoms with Crippen LogP contribution in [-0.4, -0.2) is 21.8 Å². The number of nitrogens with zero attached hydrogens (tertiary/aromatic N) is 2. The molecule has 0 spiro atoms. The van der Waals surface area contributed by atoms with E-state index < -0.39 is 5.92 Å². The molecule has 0 bridgehead atoms. The molecule has 1 fully saturated rings. The minimum Gasteiger partial charge on any atom is -0.296 e. The van der Waals surface area contributed by atoms with Crippen molar-refractivity contribution in [2.45, 2.75) is 18.8 Å². The predicted octanol–water partition coefficient (Wildman–Crippen LogP) is 0.650. The van der Waals surface area contributed by atoms with Gasteiger partial charge in [-0.1, -0.05) is 11.6 Å². The quantitative estimate of drug-likeness (QED) is 0.563. The van der Waals surface area contributed by atoms with Gasteiger partial charge in [-0.05, 0) is 12.5 Å². The first-order chi connectivity index (χ1) is 7.16. The molecule has 15 heavy (non-hydrogen) atoms. The Morgan fingerprint density at radius 2 is 2.20 bits per heavy atom. The number of imide groups is 1. The first kappa shape index (κ1) is 10.0. The van der Waals surface area contributed by atoms with Crippen molar-refractivity contribution in [2.75, 3.05) is 0 Å². The van der Waals surface area contributed by atoms with Crippen molar-refractivity contribution >= 4 is 23.4 Å². The van der Waals surface area contributed by atoms with Gasteiger partial charge in [0.05, 0.1) is 11.6 Å². The van der Waals surface area contributed by atoms with E-state index >= 15 is 0 Å². The van der Waals surface area contributed by atoms with Crippen LogP contribution in [0.15, 0.2) is 12.4 Å². The molecule has 0 radical (unpaired) electrons. The Kier molecular flexibility index (Phi) is 2.64. The average Bonchev–Trinajstić information content (AvgIpc) is 2.17. The molecule has 2 amide bonds. The van der Waals surface area contributed by atoms with Gasteiger partial charge in [-0.25, -0.2) is 9.97 Å². The molecule has 2 rings (SSSR count). The zero-order valence-corrected chi connectivity index (χ0v) is 8.49. The monoisotopic (exact) mass is 225 g/mol. The number of hydrogen-bond donors (Lipinski definition) is 1. The molecule has 0 saturated carbocycles. The van der Waals surface area contributed by atoms with E-state index in [2.05, 4.69) is 15.3 Å². The van der Waals surface area contributed by atoms with Crippen LogP contribution in [0, 0.1) is 0 Å². The Hall–Kier alpha value is -1.49. The normalized spacial score (nSPS) is 21.3. The number of carbonyl (C=O) groups is 2. The third kappa shape index (κ3) is 2.12. The van der Waals surface area contributed by atoms with Gasteiger partial charge in [0, 0.05) is 6.42 Å². The van der Waals surface area contributed by atoms with Gasteiger partial charge in [-0.2, -0.15) is 0 Å². The molecular weight excluding hydrogens is 218 g/mol. The lowest BCUT2D eigenvalue weighted by Gasteiger charge is -2.19. The Balaban J connectivity index is 2.24. The van der Waals surface area contributed by atoms with E-state index in [1.54, 1.807) is 6.07 Å². The third-order valence-electron chi connectivity index (χ3n) is 2.25. The van der Waals surface area contributed by atoms with Crippen LogP contribution >= 0.6 is 11.6 Å². The largest absolute Gasteiger partial charge is 0.296 e. The van der Waals surface area contributed by atoms with Crippen molar-refractivity contribution in [3.8, 4) is 0 Å². The van der Waals surface area contributed by atoms with Gasteiger partial charge in [0.15, 0.2) is 0 Å². The Morgan fingerprint density at radius 3 is 2.87 bits per heavy atom. The van der Waals surface area contributed by atoms with Crippen LogP contribution in [0.4, 0.5) is 0 Å². The summed E-state index contributed by atoms with van der Waals surface area (Å²) >= 11 is 5.69. The molecular formula is C9H8ClN3O2. The van der Waals surface area contributed by atoms with Crippen molar-refractivity contribution in [3.05, 3.63) is 23.2 Å². The second kappa shape index (κ2) is 3.94. The van der Waals surface area contributed by atoms with Gasteiger partial charge in [-0.3, -0.25) is 14.9 Å². The maximum Gasteiger partial charge on any atom is 0.235 e.